The van der Waals surface area contributed by atoms with E-state index in [-0.39, 0.29) is 11.4 Å². The first kappa shape index (κ1) is 15.3. The SMILES string of the molecule is CC(C)(C)N(CCc1ccccc1)C(=O)c1ccccc1. The molecule has 0 aliphatic heterocycles. The molecule has 0 radical (unpaired) electrons. The highest BCUT2D eigenvalue weighted by Gasteiger charge is 2.26. The first-order chi connectivity index (χ1) is 9.98. The number of rotatable bonds is 4. The van der Waals surface area contributed by atoms with Crippen LogP contribution in [0.1, 0.15) is 36.7 Å². The molecule has 0 bridgehead atoms. The second-order valence-corrected chi connectivity index (χ2v) is 6.23. The molecule has 0 atom stereocenters. The highest BCUT2D eigenvalue weighted by Crippen LogP contribution is 2.18. The number of nitrogens with zero attached hydrogens (tertiary/aromatic N) is 1. The number of hydrogen-bond donors (Lipinski definition) is 0. The summed E-state index contributed by atoms with van der Waals surface area (Å²) in [6.07, 6.45) is 0.872. The summed E-state index contributed by atoms with van der Waals surface area (Å²) in [5.41, 5.74) is 1.81. The van der Waals surface area contributed by atoms with Crippen LogP contribution in [0.25, 0.3) is 0 Å². The first-order valence-electron chi connectivity index (χ1n) is 7.39. The number of amides is 1. The van der Waals surface area contributed by atoms with Crippen LogP contribution in [0.4, 0.5) is 0 Å². The van der Waals surface area contributed by atoms with Crippen molar-refractivity contribution in [3.63, 3.8) is 0 Å². The summed E-state index contributed by atoms with van der Waals surface area (Å²) < 4.78 is 0. The molecule has 0 aromatic heterocycles. The van der Waals surface area contributed by atoms with E-state index >= 15 is 0 Å². The lowest BCUT2D eigenvalue weighted by Crippen LogP contribution is -2.46. The van der Waals surface area contributed by atoms with Crippen molar-refractivity contribution in [2.75, 3.05) is 6.54 Å². The molecule has 0 saturated carbocycles. The summed E-state index contributed by atoms with van der Waals surface area (Å²) >= 11 is 0. The average Bonchev–Trinajstić information content (AvgIpc) is 2.48. The van der Waals surface area contributed by atoms with Gasteiger partial charge in [-0.05, 0) is 44.9 Å². The summed E-state index contributed by atoms with van der Waals surface area (Å²) in [4.78, 5) is 14.7. The normalized spacial score (nSPS) is 11.2. The zero-order valence-electron chi connectivity index (χ0n) is 13.0. The molecule has 2 rings (SSSR count). The zero-order valence-corrected chi connectivity index (χ0v) is 13.0. The molecule has 110 valence electrons. The molecule has 0 N–H and O–H groups in total. The van der Waals surface area contributed by atoms with Crippen LogP contribution in [0.3, 0.4) is 0 Å². The van der Waals surface area contributed by atoms with Gasteiger partial charge in [-0.2, -0.15) is 0 Å². The van der Waals surface area contributed by atoms with Gasteiger partial charge < -0.3 is 4.90 Å². The molecule has 21 heavy (non-hydrogen) atoms. The lowest BCUT2D eigenvalue weighted by atomic mass is 10.0. The fourth-order valence-corrected chi connectivity index (χ4v) is 2.36. The third-order valence-corrected chi connectivity index (χ3v) is 3.54. The minimum Gasteiger partial charge on any atom is -0.333 e. The number of hydrogen-bond acceptors (Lipinski definition) is 1. The third-order valence-electron chi connectivity index (χ3n) is 3.54. The Morgan fingerprint density at radius 2 is 1.43 bits per heavy atom. The van der Waals surface area contributed by atoms with E-state index in [0.29, 0.717) is 0 Å². The molecule has 0 aliphatic carbocycles. The van der Waals surface area contributed by atoms with Crippen LogP contribution in [0.5, 0.6) is 0 Å². The van der Waals surface area contributed by atoms with Gasteiger partial charge in [0.15, 0.2) is 0 Å². The Labute approximate surface area is 127 Å². The molecular weight excluding hydrogens is 258 g/mol. The van der Waals surface area contributed by atoms with E-state index in [4.69, 9.17) is 0 Å². The molecule has 1 amide bonds. The lowest BCUT2D eigenvalue weighted by Gasteiger charge is -2.36. The van der Waals surface area contributed by atoms with Gasteiger partial charge in [0.2, 0.25) is 0 Å². The minimum absolute atomic E-state index is 0.0963. The van der Waals surface area contributed by atoms with Crippen LogP contribution in [-0.4, -0.2) is 22.9 Å². The molecular formula is C19H23NO. The molecule has 2 aromatic rings. The molecule has 0 heterocycles. The minimum atomic E-state index is -0.193. The van der Waals surface area contributed by atoms with E-state index in [2.05, 4.69) is 32.9 Å². The molecule has 0 unspecified atom stereocenters. The van der Waals surface area contributed by atoms with Crippen molar-refractivity contribution in [2.45, 2.75) is 32.7 Å². The standard InChI is InChI=1S/C19H23NO/c1-19(2,3)20(15-14-16-10-6-4-7-11-16)18(21)17-12-8-5-9-13-17/h4-13H,14-15H2,1-3H3. The maximum atomic E-state index is 12.7. The number of benzene rings is 2. The van der Waals surface area contributed by atoms with Crippen molar-refractivity contribution in [1.82, 2.24) is 4.90 Å². The molecule has 0 aliphatic rings. The number of carbonyl (C=O) groups excluding carboxylic acids is 1. The van der Waals surface area contributed by atoms with Gasteiger partial charge in [-0.1, -0.05) is 48.5 Å². The quantitative estimate of drug-likeness (QED) is 0.823. The van der Waals surface area contributed by atoms with Gasteiger partial charge in [0, 0.05) is 17.6 Å². The third kappa shape index (κ3) is 4.19. The Hall–Kier alpha value is -2.09. The van der Waals surface area contributed by atoms with Gasteiger partial charge in [-0.3, -0.25) is 4.79 Å². The van der Waals surface area contributed by atoms with E-state index in [9.17, 15) is 4.79 Å². The second-order valence-electron chi connectivity index (χ2n) is 6.23. The summed E-state index contributed by atoms with van der Waals surface area (Å²) in [5.74, 6) is 0.0963. The molecule has 0 spiro atoms. The highest BCUT2D eigenvalue weighted by atomic mass is 16.2. The summed E-state index contributed by atoms with van der Waals surface area (Å²) in [7, 11) is 0. The topological polar surface area (TPSA) is 20.3 Å². The van der Waals surface area contributed by atoms with Crippen LogP contribution in [0, 0.1) is 0 Å². The van der Waals surface area contributed by atoms with Crippen LogP contribution in [-0.2, 0) is 6.42 Å². The van der Waals surface area contributed by atoms with E-state index in [0.717, 1.165) is 18.5 Å². The summed E-state index contributed by atoms with van der Waals surface area (Å²) in [5, 5.41) is 0. The maximum Gasteiger partial charge on any atom is 0.254 e. The fraction of sp³-hybridized carbons (Fsp3) is 0.316. The Balaban J connectivity index is 2.14. The molecule has 0 saturated heterocycles. The van der Waals surface area contributed by atoms with Gasteiger partial charge in [0.25, 0.3) is 5.91 Å². The van der Waals surface area contributed by atoms with Crippen molar-refractivity contribution in [2.24, 2.45) is 0 Å². The van der Waals surface area contributed by atoms with Crippen molar-refractivity contribution >= 4 is 5.91 Å². The predicted molar refractivity (Wildman–Crippen MR) is 87.4 cm³/mol. The second kappa shape index (κ2) is 6.57. The van der Waals surface area contributed by atoms with Gasteiger partial charge in [-0.25, -0.2) is 0 Å². The summed E-state index contributed by atoms with van der Waals surface area (Å²) in [6.45, 7) is 6.97. The lowest BCUT2D eigenvalue weighted by molar-refractivity contribution is 0.0586. The van der Waals surface area contributed by atoms with Crippen molar-refractivity contribution < 1.29 is 4.79 Å². The molecule has 0 fully saturated rings. The largest absolute Gasteiger partial charge is 0.333 e. The van der Waals surface area contributed by atoms with Crippen LogP contribution < -0.4 is 0 Å². The molecule has 2 heteroatoms. The van der Waals surface area contributed by atoms with Crippen LogP contribution >= 0.6 is 0 Å². The van der Waals surface area contributed by atoms with Crippen molar-refractivity contribution in [1.29, 1.82) is 0 Å². The van der Waals surface area contributed by atoms with E-state index < -0.39 is 0 Å². The number of carbonyl (C=O) groups is 1. The Bertz CT molecular complexity index is 570. The Morgan fingerprint density at radius 3 is 1.95 bits per heavy atom. The predicted octanol–water partition coefficient (Wildman–Crippen LogP) is 4.17. The van der Waals surface area contributed by atoms with E-state index in [1.54, 1.807) is 0 Å². The molecule has 2 nitrogen and oxygen atoms in total. The molecule has 2 aromatic carbocycles. The Kier molecular flexibility index (Phi) is 4.79. The van der Waals surface area contributed by atoms with E-state index in [1.165, 1.54) is 5.56 Å². The maximum absolute atomic E-state index is 12.7. The average molecular weight is 281 g/mol. The monoisotopic (exact) mass is 281 g/mol. The van der Waals surface area contributed by atoms with Gasteiger partial charge >= 0.3 is 0 Å². The first-order valence-corrected chi connectivity index (χ1v) is 7.39. The fourth-order valence-electron chi connectivity index (χ4n) is 2.36. The van der Waals surface area contributed by atoms with Crippen molar-refractivity contribution in [3.8, 4) is 0 Å². The van der Waals surface area contributed by atoms with Crippen molar-refractivity contribution in [3.05, 3.63) is 71.8 Å². The zero-order chi connectivity index (χ0) is 15.3. The van der Waals surface area contributed by atoms with Gasteiger partial charge in [0.1, 0.15) is 0 Å². The highest BCUT2D eigenvalue weighted by molar-refractivity contribution is 5.94. The van der Waals surface area contributed by atoms with Crippen LogP contribution in [0.2, 0.25) is 0 Å². The smallest absolute Gasteiger partial charge is 0.254 e. The van der Waals surface area contributed by atoms with E-state index in [1.807, 2.05) is 53.4 Å². The van der Waals surface area contributed by atoms with Gasteiger partial charge in [-0.15, -0.1) is 0 Å². The Morgan fingerprint density at radius 1 is 0.905 bits per heavy atom. The summed E-state index contributed by atoms with van der Waals surface area (Å²) in [6, 6.07) is 19.8. The van der Waals surface area contributed by atoms with Gasteiger partial charge in [0.05, 0.1) is 0 Å². The van der Waals surface area contributed by atoms with Crippen LogP contribution in [0.15, 0.2) is 60.7 Å².